The van der Waals surface area contributed by atoms with E-state index in [-0.39, 0.29) is 5.82 Å². The first-order valence-corrected chi connectivity index (χ1v) is 5.73. The van der Waals surface area contributed by atoms with Crippen molar-refractivity contribution in [3.05, 3.63) is 59.2 Å². The molecule has 0 bridgehead atoms. The van der Waals surface area contributed by atoms with Gasteiger partial charge in [0.1, 0.15) is 18.2 Å². The van der Waals surface area contributed by atoms with Gasteiger partial charge in [0.25, 0.3) is 0 Å². The summed E-state index contributed by atoms with van der Waals surface area (Å²) in [7, 11) is 0. The number of ether oxygens (including phenoxy) is 1. The van der Waals surface area contributed by atoms with Crippen LogP contribution in [0.25, 0.3) is 0 Å². The lowest BCUT2D eigenvalue weighted by atomic mass is 10.2. The molecule has 0 saturated heterocycles. The first-order valence-electron chi connectivity index (χ1n) is 5.73. The Kier molecular flexibility index (Phi) is 3.89. The van der Waals surface area contributed by atoms with Crippen molar-refractivity contribution in [3.63, 3.8) is 0 Å². The SMILES string of the molecule is Cc1ccc(F)cc1OCc1cccc(CN)n1. The smallest absolute Gasteiger partial charge is 0.130 e. The largest absolute Gasteiger partial charge is 0.487 e. The molecule has 0 aliphatic carbocycles. The van der Waals surface area contributed by atoms with Gasteiger partial charge < -0.3 is 10.5 Å². The fourth-order valence-corrected chi connectivity index (χ4v) is 1.60. The Morgan fingerprint density at radius 3 is 2.78 bits per heavy atom. The van der Waals surface area contributed by atoms with Gasteiger partial charge >= 0.3 is 0 Å². The summed E-state index contributed by atoms with van der Waals surface area (Å²) in [6, 6.07) is 10.1. The highest BCUT2D eigenvalue weighted by atomic mass is 19.1. The third kappa shape index (κ3) is 3.05. The van der Waals surface area contributed by atoms with E-state index in [9.17, 15) is 4.39 Å². The summed E-state index contributed by atoms with van der Waals surface area (Å²) in [5.74, 6) is 0.231. The average molecular weight is 246 g/mol. The predicted molar refractivity (Wildman–Crippen MR) is 67.6 cm³/mol. The minimum absolute atomic E-state index is 0.304. The molecular formula is C14H15FN2O. The van der Waals surface area contributed by atoms with E-state index in [0.29, 0.717) is 18.9 Å². The maximum Gasteiger partial charge on any atom is 0.130 e. The van der Waals surface area contributed by atoms with Crippen molar-refractivity contribution in [2.45, 2.75) is 20.1 Å². The Morgan fingerprint density at radius 2 is 2.00 bits per heavy atom. The van der Waals surface area contributed by atoms with Crippen molar-refractivity contribution in [1.82, 2.24) is 4.98 Å². The molecule has 0 aliphatic heterocycles. The zero-order chi connectivity index (χ0) is 13.0. The number of nitrogens with zero attached hydrogens (tertiary/aromatic N) is 1. The number of rotatable bonds is 4. The topological polar surface area (TPSA) is 48.1 Å². The van der Waals surface area contributed by atoms with Gasteiger partial charge in [0.2, 0.25) is 0 Å². The van der Waals surface area contributed by atoms with E-state index >= 15 is 0 Å². The van der Waals surface area contributed by atoms with Gasteiger partial charge in [-0.3, -0.25) is 4.98 Å². The van der Waals surface area contributed by atoms with Crippen LogP contribution in [0.1, 0.15) is 17.0 Å². The van der Waals surface area contributed by atoms with Crippen LogP contribution in [0, 0.1) is 12.7 Å². The van der Waals surface area contributed by atoms with Gasteiger partial charge in [-0.2, -0.15) is 0 Å². The van der Waals surface area contributed by atoms with Crippen LogP contribution >= 0.6 is 0 Å². The van der Waals surface area contributed by atoms with Crippen LogP contribution in [0.2, 0.25) is 0 Å². The molecule has 2 N–H and O–H groups in total. The fourth-order valence-electron chi connectivity index (χ4n) is 1.60. The fraction of sp³-hybridized carbons (Fsp3) is 0.214. The minimum Gasteiger partial charge on any atom is -0.487 e. The summed E-state index contributed by atoms with van der Waals surface area (Å²) in [6.07, 6.45) is 0. The molecule has 0 amide bonds. The summed E-state index contributed by atoms with van der Waals surface area (Å²) < 4.78 is 18.6. The number of aryl methyl sites for hydroxylation is 1. The molecule has 1 aromatic carbocycles. The molecular weight excluding hydrogens is 231 g/mol. The summed E-state index contributed by atoms with van der Waals surface area (Å²) >= 11 is 0. The zero-order valence-electron chi connectivity index (χ0n) is 10.2. The van der Waals surface area contributed by atoms with Crippen LogP contribution in [-0.2, 0) is 13.2 Å². The number of hydrogen-bond acceptors (Lipinski definition) is 3. The Balaban J connectivity index is 2.08. The molecule has 4 heteroatoms. The summed E-state index contributed by atoms with van der Waals surface area (Å²) in [5.41, 5.74) is 8.00. The molecule has 18 heavy (non-hydrogen) atoms. The lowest BCUT2D eigenvalue weighted by Gasteiger charge is -2.09. The van der Waals surface area contributed by atoms with Gasteiger partial charge in [0.05, 0.1) is 11.4 Å². The van der Waals surface area contributed by atoms with Crippen molar-refractivity contribution in [1.29, 1.82) is 0 Å². The third-order valence-corrected chi connectivity index (χ3v) is 2.60. The van der Waals surface area contributed by atoms with Gasteiger partial charge in [-0.15, -0.1) is 0 Å². The molecule has 94 valence electrons. The second kappa shape index (κ2) is 5.60. The minimum atomic E-state index is -0.306. The molecule has 2 rings (SSSR count). The number of halogens is 1. The van der Waals surface area contributed by atoms with Crippen LogP contribution < -0.4 is 10.5 Å². The van der Waals surface area contributed by atoms with Gasteiger partial charge in [0.15, 0.2) is 0 Å². The normalized spacial score (nSPS) is 10.4. The van der Waals surface area contributed by atoms with E-state index in [4.69, 9.17) is 10.5 Å². The summed E-state index contributed by atoms with van der Waals surface area (Å²) in [5, 5.41) is 0. The molecule has 0 aliphatic rings. The van der Waals surface area contributed by atoms with Crippen LogP contribution in [0.15, 0.2) is 36.4 Å². The first kappa shape index (κ1) is 12.5. The molecule has 2 aromatic rings. The Hall–Kier alpha value is -1.94. The van der Waals surface area contributed by atoms with Crippen molar-refractivity contribution >= 4 is 0 Å². The van der Waals surface area contributed by atoms with Gasteiger partial charge in [-0.1, -0.05) is 12.1 Å². The molecule has 3 nitrogen and oxygen atoms in total. The van der Waals surface area contributed by atoms with E-state index in [0.717, 1.165) is 17.0 Å². The van der Waals surface area contributed by atoms with Crippen molar-refractivity contribution in [2.75, 3.05) is 0 Å². The lowest BCUT2D eigenvalue weighted by Crippen LogP contribution is -2.04. The molecule has 0 saturated carbocycles. The highest BCUT2D eigenvalue weighted by Crippen LogP contribution is 2.19. The van der Waals surface area contributed by atoms with E-state index in [1.54, 1.807) is 6.07 Å². The summed E-state index contributed by atoms with van der Waals surface area (Å²) in [6.45, 7) is 2.57. The first-order chi connectivity index (χ1) is 8.69. The molecule has 1 aromatic heterocycles. The number of hydrogen-bond donors (Lipinski definition) is 1. The number of benzene rings is 1. The van der Waals surface area contributed by atoms with Crippen LogP contribution in [0.3, 0.4) is 0 Å². The number of aromatic nitrogens is 1. The molecule has 0 radical (unpaired) electrons. The zero-order valence-corrected chi connectivity index (χ0v) is 10.2. The number of pyridine rings is 1. The quantitative estimate of drug-likeness (QED) is 0.902. The van der Waals surface area contributed by atoms with E-state index in [1.165, 1.54) is 12.1 Å². The maximum atomic E-state index is 13.1. The monoisotopic (exact) mass is 246 g/mol. The Morgan fingerprint density at radius 1 is 1.22 bits per heavy atom. The Bertz CT molecular complexity index is 543. The van der Waals surface area contributed by atoms with Crippen LogP contribution in [0.5, 0.6) is 5.75 Å². The van der Waals surface area contributed by atoms with Gasteiger partial charge in [-0.05, 0) is 30.7 Å². The molecule has 0 unspecified atom stereocenters. The average Bonchev–Trinajstić information content (AvgIpc) is 2.40. The van der Waals surface area contributed by atoms with Crippen molar-refractivity contribution < 1.29 is 9.13 Å². The van der Waals surface area contributed by atoms with Crippen LogP contribution in [-0.4, -0.2) is 4.98 Å². The highest BCUT2D eigenvalue weighted by molar-refractivity contribution is 5.32. The molecule has 0 fully saturated rings. The molecule has 0 atom stereocenters. The highest BCUT2D eigenvalue weighted by Gasteiger charge is 2.03. The van der Waals surface area contributed by atoms with Gasteiger partial charge in [-0.25, -0.2) is 4.39 Å². The van der Waals surface area contributed by atoms with E-state index in [1.807, 2.05) is 25.1 Å². The Labute approximate surface area is 105 Å². The summed E-state index contributed by atoms with van der Waals surface area (Å²) in [4.78, 5) is 4.31. The second-order valence-corrected chi connectivity index (χ2v) is 4.02. The van der Waals surface area contributed by atoms with E-state index in [2.05, 4.69) is 4.98 Å². The van der Waals surface area contributed by atoms with Gasteiger partial charge in [0, 0.05) is 12.6 Å². The van der Waals surface area contributed by atoms with E-state index < -0.39 is 0 Å². The van der Waals surface area contributed by atoms with Crippen molar-refractivity contribution in [3.8, 4) is 5.75 Å². The molecule has 1 heterocycles. The lowest BCUT2D eigenvalue weighted by molar-refractivity contribution is 0.297. The molecule has 0 spiro atoms. The third-order valence-electron chi connectivity index (χ3n) is 2.60. The number of nitrogens with two attached hydrogens (primary N) is 1. The maximum absolute atomic E-state index is 13.1. The standard InChI is InChI=1S/C14H15FN2O/c1-10-5-6-11(15)7-14(10)18-9-13-4-2-3-12(8-16)17-13/h2-7H,8-9,16H2,1H3. The second-order valence-electron chi connectivity index (χ2n) is 4.02. The predicted octanol–water partition coefficient (Wildman–Crippen LogP) is 2.57. The van der Waals surface area contributed by atoms with Crippen LogP contribution in [0.4, 0.5) is 4.39 Å². The van der Waals surface area contributed by atoms with Crippen molar-refractivity contribution in [2.24, 2.45) is 5.73 Å².